The van der Waals surface area contributed by atoms with Crippen molar-refractivity contribution < 1.29 is 85.7 Å². The third-order valence-corrected chi connectivity index (χ3v) is 13.2. The van der Waals surface area contributed by atoms with Crippen molar-refractivity contribution in [1.82, 2.24) is 0 Å². The van der Waals surface area contributed by atoms with Crippen LogP contribution in [0.1, 0.15) is 69.1 Å². The summed E-state index contributed by atoms with van der Waals surface area (Å²) in [7, 11) is 0. The zero-order chi connectivity index (χ0) is 57.7. The molecule has 0 amide bonds. The number of esters is 7. The van der Waals surface area contributed by atoms with E-state index in [9.17, 15) is 33.6 Å². The molecule has 8 aromatic rings. The molecule has 2 aliphatic heterocycles. The summed E-state index contributed by atoms with van der Waals surface area (Å²) >= 11 is 0. The standard InChI is InChI=1S/C65H52O18/c1-40(66)75-54-52(39-74-64(56(54)82-62(71)45-28-16-6-17-29-45)77-50-35-33-47-36-49(34-32-48(47)37-50)76-59(68)42-22-10-3-11-23-42)79-65-57(83-63(72)46-30-18-7-19-31-46)55(81-61(70)44-26-14-5-15-27-44)53(80-60(69)43-24-12-4-13-25-43)51(78-65)38-73-58(67)41-20-8-2-9-21-41/h2-37,51-57,64-65H,38-39H2,1H3/t51?,52-,53+,54-,55+,56?,57?,64+,65+/m1/s1. The molecule has 10 rings (SSSR count). The first-order valence-corrected chi connectivity index (χ1v) is 26.3. The smallest absolute Gasteiger partial charge is 0.343 e. The van der Waals surface area contributed by atoms with Gasteiger partial charge in [0.2, 0.25) is 12.4 Å². The molecule has 8 aromatic carbocycles. The lowest BCUT2D eigenvalue weighted by molar-refractivity contribution is -0.336. The van der Waals surface area contributed by atoms with E-state index in [1.807, 2.05) is 0 Å². The van der Waals surface area contributed by atoms with Gasteiger partial charge in [-0.05, 0) is 108 Å². The zero-order valence-electron chi connectivity index (χ0n) is 44.2. The van der Waals surface area contributed by atoms with Gasteiger partial charge >= 0.3 is 41.8 Å². The Morgan fingerprint density at radius 2 is 0.783 bits per heavy atom. The maximum Gasteiger partial charge on any atom is 0.343 e. The Hall–Kier alpha value is -10.0. The van der Waals surface area contributed by atoms with E-state index in [1.54, 1.807) is 158 Å². The average molecular weight is 1120 g/mol. The van der Waals surface area contributed by atoms with Gasteiger partial charge in [0.25, 0.3) is 0 Å². The van der Waals surface area contributed by atoms with Gasteiger partial charge in [0.05, 0.1) is 40.0 Å². The fraction of sp³-hybridized carbons (Fsp3) is 0.185. The van der Waals surface area contributed by atoms with Gasteiger partial charge < -0.3 is 52.1 Å². The molecule has 3 unspecified atom stereocenters. The number of fused-ring (bicyclic) bond motifs is 1. The second kappa shape index (κ2) is 26.5. The van der Waals surface area contributed by atoms with Crippen molar-refractivity contribution in [2.75, 3.05) is 13.2 Å². The van der Waals surface area contributed by atoms with Crippen molar-refractivity contribution in [1.29, 1.82) is 0 Å². The Morgan fingerprint density at radius 3 is 1.24 bits per heavy atom. The fourth-order valence-electron chi connectivity index (χ4n) is 9.21. The van der Waals surface area contributed by atoms with Crippen molar-refractivity contribution in [3.05, 3.63) is 252 Å². The number of ether oxygens (including phenoxy) is 11. The summed E-state index contributed by atoms with van der Waals surface area (Å²) in [5.41, 5.74) is 0.817. The Bertz CT molecular complexity index is 3550. The van der Waals surface area contributed by atoms with Crippen molar-refractivity contribution in [3.8, 4) is 11.5 Å². The molecule has 0 saturated carbocycles. The Balaban J connectivity index is 1.01. The quantitative estimate of drug-likeness (QED) is 0.0443. The molecule has 18 nitrogen and oxygen atoms in total. The molecular weight excluding hydrogens is 1070 g/mol. The third-order valence-electron chi connectivity index (χ3n) is 13.2. The minimum absolute atomic E-state index is 0.0448. The minimum Gasteiger partial charge on any atom is -0.461 e. The van der Waals surface area contributed by atoms with Crippen LogP contribution in [0.15, 0.2) is 218 Å². The topological polar surface area (TPSA) is 221 Å². The van der Waals surface area contributed by atoms with Crippen molar-refractivity contribution in [2.24, 2.45) is 0 Å². The molecule has 18 heteroatoms. The van der Waals surface area contributed by atoms with Gasteiger partial charge in [-0.1, -0.05) is 121 Å². The highest BCUT2D eigenvalue weighted by molar-refractivity contribution is 5.94. The number of hydrogen-bond donors (Lipinski definition) is 0. The van der Waals surface area contributed by atoms with Crippen LogP contribution < -0.4 is 9.47 Å². The van der Waals surface area contributed by atoms with Gasteiger partial charge in [-0.25, -0.2) is 28.8 Å². The Labute approximate surface area is 475 Å². The summed E-state index contributed by atoms with van der Waals surface area (Å²) in [6.45, 7) is -0.0527. The van der Waals surface area contributed by atoms with Crippen LogP contribution in [0, 0.1) is 0 Å². The SMILES string of the molecule is CC(=O)O[C@H]1C(OC(=O)c2ccccc2)[C@H](Oc2ccc3cc(OC(=O)c4ccccc4)ccc3c2)OC[C@H]1O[C@@H]1OC(COC(=O)c2ccccc2)[C@H](OC(=O)c2ccccc2)[C@H](OC(=O)c2ccccc2)C1OC(=O)c1ccccc1. The molecule has 0 bridgehead atoms. The maximum atomic E-state index is 14.3. The summed E-state index contributed by atoms with van der Waals surface area (Å²) in [6.07, 6.45) is -15.1. The minimum atomic E-state index is -1.89. The molecule has 0 radical (unpaired) electrons. The maximum absolute atomic E-state index is 14.3. The number of hydrogen-bond acceptors (Lipinski definition) is 18. The summed E-state index contributed by atoms with van der Waals surface area (Å²) < 4.78 is 68.5. The van der Waals surface area contributed by atoms with E-state index in [-0.39, 0.29) is 33.6 Å². The molecule has 0 N–H and O–H groups in total. The predicted molar refractivity (Wildman–Crippen MR) is 294 cm³/mol. The number of rotatable bonds is 18. The second-order valence-electron chi connectivity index (χ2n) is 18.9. The molecule has 0 aromatic heterocycles. The average Bonchev–Trinajstić information content (AvgIpc) is 3.54. The van der Waals surface area contributed by atoms with Gasteiger partial charge in [-0.15, -0.1) is 0 Å². The molecule has 2 saturated heterocycles. The molecule has 2 fully saturated rings. The molecule has 2 heterocycles. The zero-order valence-corrected chi connectivity index (χ0v) is 44.2. The second-order valence-corrected chi connectivity index (χ2v) is 18.9. The van der Waals surface area contributed by atoms with Crippen LogP contribution in [0.4, 0.5) is 0 Å². The fourth-order valence-corrected chi connectivity index (χ4v) is 9.21. The first-order chi connectivity index (χ1) is 40.4. The van der Waals surface area contributed by atoms with E-state index in [1.165, 1.54) is 60.7 Å². The summed E-state index contributed by atoms with van der Waals surface area (Å²) in [5, 5.41) is 1.32. The van der Waals surface area contributed by atoms with E-state index in [2.05, 4.69) is 0 Å². The number of carbonyl (C=O) groups is 7. The van der Waals surface area contributed by atoms with E-state index >= 15 is 0 Å². The third kappa shape index (κ3) is 14.1. The summed E-state index contributed by atoms with van der Waals surface area (Å²) in [6, 6.07) is 58.0. The first kappa shape index (κ1) is 56.3. The largest absolute Gasteiger partial charge is 0.461 e. The van der Waals surface area contributed by atoms with Crippen LogP contribution in [0.5, 0.6) is 11.5 Å². The lowest BCUT2D eigenvalue weighted by atomic mass is 9.97. The van der Waals surface area contributed by atoms with E-state index in [0.29, 0.717) is 22.1 Å². The lowest BCUT2D eigenvalue weighted by Gasteiger charge is -2.47. The lowest BCUT2D eigenvalue weighted by Crippen LogP contribution is -2.65. The van der Waals surface area contributed by atoms with Crippen molar-refractivity contribution >= 4 is 52.6 Å². The van der Waals surface area contributed by atoms with Gasteiger partial charge in [-0.3, -0.25) is 4.79 Å². The molecule has 9 atom stereocenters. The molecular formula is C65H52O18. The van der Waals surface area contributed by atoms with Crippen molar-refractivity contribution in [2.45, 2.75) is 62.2 Å². The Morgan fingerprint density at radius 1 is 0.398 bits per heavy atom. The van der Waals surface area contributed by atoms with E-state index < -0.39 is 110 Å². The summed E-state index contributed by atoms with van der Waals surface area (Å²) in [4.78, 5) is 96.8. The monoisotopic (exact) mass is 1120 g/mol. The van der Waals surface area contributed by atoms with Gasteiger partial charge in [-0.2, -0.15) is 0 Å². The molecule has 0 aliphatic carbocycles. The molecule has 83 heavy (non-hydrogen) atoms. The summed E-state index contributed by atoms with van der Waals surface area (Å²) in [5.74, 6) is -5.40. The van der Waals surface area contributed by atoms with Crippen LogP contribution >= 0.6 is 0 Å². The van der Waals surface area contributed by atoms with Crippen molar-refractivity contribution in [3.63, 3.8) is 0 Å². The van der Waals surface area contributed by atoms with Gasteiger partial charge in [0.15, 0.2) is 30.7 Å². The molecule has 420 valence electrons. The molecule has 2 aliphatic rings. The van der Waals surface area contributed by atoms with Crippen LogP contribution in [0.3, 0.4) is 0 Å². The highest BCUT2D eigenvalue weighted by Crippen LogP contribution is 2.36. The van der Waals surface area contributed by atoms with Gasteiger partial charge in [0, 0.05) is 6.92 Å². The predicted octanol–water partition coefficient (Wildman–Crippen LogP) is 9.60. The first-order valence-electron chi connectivity index (χ1n) is 26.3. The normalized spacial score (nSPS) is 21.0. The Kier molecular flexibility index (Phi) is 18.0. The van der Waals surface area contributed by atoms with Crippen LogP contribution in [0.25, 0.3) is 10.8 Å². The van der Waals surface area contributed by atoms with E-state index in [0.717, 1.165) is 6.92 Å². The number of carbonyl (C=O) groups excluding carboxylic acids is 7. The number of benzene rings is 8. The molecule has 0 spiro atoms. The van der Waals surface area contributed by atoms with Gasteiger partial charge in [0.1, 0.15) is 30.3 Å². The van der Waals surface area contributed by atoms with E-state index in [4.69, 9.17) is 52.1 Å². The highest BCUT2D eigenvalue weighted by Gasteiger charge is 2.56. The highest BCUT2D eigenvalue weighted by atomic mass is 16.8. The van der Waals surface area contributed by atoms with Crippen LogP contribution in [0.2, 0.25) is 0 Å². The van der Waals surface area contributed by atoms with Crippen LogP contribution in [-0.2, 0) is 47.4 Å². The van der Waals surface area contributed by atoms with Crippen LogP contribution in [-0.4, -0.2) is 110 Å².